The lowest BCUT2D eigenvalue weighted by Crippen LogP contribution is -2.40. The van der Waals surface area contributed by atoms with E-state index in [1.54, 1.807) is 0 Å². The molecule has 1 heterocycles. The van der Waals surface area contributed by atoms with Crippen LogP contribution in [0.1, 0.15) is 32.2 Å². The van der Waals surface area contributed by atoms with Crippen LogP contribution in [-0.2, 0) is 10.3 Å². The third-order valence-electron chi connectivity index (χ3n) is 2.95. The molecule has 0 bridgehead atoms. The molecule has 94 valence electrons. The van der Waals surface area contributed by atoms with E-state index < -0.39 is 5.54 Å². The van der Waals surface area contributed by atoms with Gasteiger partial charge in [-0.2, -0.15) is 0 Å². The fourth-order valence-corrected chi connectivity index (χ4v) is 2.31. The predicted molar refractivity (Wildman–Crippen MR) is 73.3 cm³/mol. The van der Waals surface area contributed by atoms with Crippen LogP contribution in [0.15, 0.2) is 30.3 Å². The van der Waals surface area contributed by atoms with E-state index in [0.717, 1.165) is 22.2 Å². The molecule has 0 aliphatic heterocycles. The molecular formula is C15H18N2O. The maximum atomic E-state index is 11.3. The number of aryl methyl sites for hydroxylation is 1. The van der Waals surface area contributed by atoms with Crippen LogP contribution in [-0.4, -0.2) is 10.9 Å². The summed E-state index contributed by atoms with van der Waals surface area (Å²) in [5.41, 5.74) is 1.40. The SMILES string of the molecule is CC(=O)NC(C)(C)c1nc(C)cc2ccccc12. The van der Waals surface area contributed by atoms with Crippen molar-refractivity contribution in [3.05, 3.63) is 41.7 Å². The lowest BCUT2D eigenvalue weighted by Gasteiger charge is -2.26. The third-order valence-corrected chi connectivity index (χ3v) is 2.95. The largest absolute Gasteiger partial charge is 0.346 e. The molecule has 1 N–H and O–H groups in total. The molecule has 0 saturated heterocycles. The number of amides is 1. The molecule has 0 radical (unpaired) electrons. The van der Waals surface area contributed by atoms with Gasteiger partial charge in [0.15, 0.2) is 0 Å². The van der Waals surface area contributed by atoms with E-state index in [1.165, 1.54) is 6.92 Å². The van der Waals surface area contributed by atoms with Gasteiger partial charge in [0.1, 0.15) is 0 Å². The first-order chi connectivity index (χ1) is 8.40. The number of carbonyl (C=O) groups excluding carboxylic acids is 1. The number of benzene rings is 1. The van der Waals surface area contributed by atoms with Crippen LogP contribution in [0.25, 0.3) is 10.8 Å². The Labute approximate surface area is 107 Å². The molecular weight excluding hydrogens is 224 g/mol. The van der Waals surface area contributed by atoms with Crippen molar-refractivity contribution in [2.45, 2.75) is 33.2 Å². The molecule has 0 saturated carbocycles. The maximum Gasteiger partial charge on any atom is 0.217 e. The first-order valence-corrected chi connectivity index (χ1v) is 6.06. The lowest BCUT2D eigenvalue weighted by molar-refractivity contribution is -0.120. The Kier molecular flexibility index (Phi) is 3.07. The van der Waals surface area contributed by atoms with Gasteiger partial charge in [-0.05, 0) is 32.2 Å². The van der Waals surface area contributed by atoms with Crippen LogP contribution < -0.4 is 5.32 Å². The minimum Gasteiger partial charge on any atom is -0.346 e. The van der Waals surface area contributed by atoms with Gasteiger partial charge in [0.05, 0.1) is 11.2 Å². The van der Waals surface area contributed by atoms with Gasteiger partial charge in [-0.1, -0.05) is 24.3 Å². The third kappa shape index (κ3) is 2.35. The van der Waals surface area contributed by atoms with E-state index in [-0.39, 0.29) is 5.91 Å². The molecule has 0 spiro atoms. The topological polar surface area (TPSA) is 42.0 Å². The summed E-state index contributed by atoms with van der Waals surface area (Å²) >= 11 is 0. The summed E-state index contributed by atoms with van der Waals surface area (Å²) in [7, 11) is 0. The van der Waals surface area contributed by atoms with Crippen molar-refractivity contribution in [2.24, 2.45) is 0 Å². The summed E-state index contributed by atoms with van der Waals surface area (Å²) in [6.07, 6.45) is 0. The zero-order valence-corrected chi connectivity index (χ0v) is 11.2. The number of rotatable bonds is 2. The van der Waals surface area contributed by atoms with Crippen LogP contribution in [0, 0.1) is 6.92 Å². The number of pyridine rings is 1. The normalized spacial score (nSPS) is 11.6. The monoisotopic (exact) mass is 242 g/mol. The maximum absolute atomic E-state index is 11.3. The standard InChI is InChI=1S/C15H18N2O/c1-10-9-12-7-5-6-8-13(12)14(16-10)15(3,4)17-11(2)18/h5-9H,1-4H3,(H,17,18). The highest BCUT2D eigenvalue weighted by Gasteiger charge is 2.25. The zero-order valence-electron chi connectivity index (χ0n) is 11.2. The summed E-state index contributed by atoms with van der Waals surface area (Å²) in [5, 5.41) is 5.19. The summed E-state index contributed by atoms with van der Waals surface area (Å²) in [6.45, 7) is 7.45. The molecule has 3 heteroatoms. The molecule has 2 rings (SSSR count). The molecule has 0 aliphatic carbocycles. The summed E-state index contributed by atoms with van der Waals surface area (Å²) in [5.74, 6) is -0.0487. The van der Waals surface area contributed by atoms with Gasteiger partial charge in [0.2, 0.25) is 5.91 Å². The summed E-state index contributed by atoms with van der Waals surface area (Å²) in [4.78, 5) is 15.9. The number of hydrogen-bond acceptors (Lipinski definition) is 2. The number of nitrogens with zero attached hydrogens (tertiary/aromatic N) is 1. The quantitative estimate of drug-likeness (QED) is 0.879. The second-order valence-electron chi connectivity index (χ2n) is 5.14. The van der Waals surface area contributed by atoms with Crippen LogP contribution in [0.3, 0.4) is 0 Å². The highest BCUT2D eigenvalue weighted by Crippen LogP contribution is 2.27. The fourth-order valence-electron chi connectivity index (χ4n) is 2.31. The highest BCUT2D eigenvalue weighted by molar-refractivity contribution is 5.86. The Hall–Kier alpha value is -1.90. The average molecular weight is 242 g/mol. The number of hydrogen-bond donors (Lipinski definition) is 1. The molecule has 1 aromatic heterocycles. The smallest absolute Gasteiger partial charge is 0.217 e. The van der Waals surface area contributed by atoms with Crippen molar-refractivity contribution in [2.75, 3.05) is 0 Å². The summed E-state index contributed by atoms with van der Waals surface area (Å²) < 4.78 is 0. The van der Waals surface area contributed by atoms with Gasteiger partial charge >= 0.3 is 0 Å². The van der Waals surface area contributed by atoms with Gasteiger partial charge in [-0.25, -0.2) is 0 Å². The molecule has 1 aromatic carbocycles. The van der Waals surface area contributed by atoms with Crippen molar-refractivity contribution in [3.8, 4) is 0 Å². The molecule has 18 heavy (non-hydrogen) atoms. The molecule has 0 atom stereocenters. The zero-order chi connectivity index (χ0) is 13.3. The van der Waals surface area contributed by atoms with Gasteiger partial charge in [0.25, 0.3) is 0 Å². The van der Waals surface area contributed by atoms with Crippen LogP contribution in [0.5, 0.6) is 0 Å². The number of aromatic nitrogens is 1. The van der Waals surface area contributed by atoms with E-state index in [4.69, 9.17) is 0 Å². The van der Waals surface area contributed by atoms with Gasteiger partial charge < -0.3 is 5.32 Å². The number of fused-ring (bicyclic) bond motifs is 1. The first kappa shape index (κ1) is 12.6. The van der Waals surface area contributed by atoms with Gasteiger partial charge in [-0.15, -0.1) is 0 Å². The molecule has 1 amide bonds. The van der Waals surface area contributed by atoms with E-state index in [0.29, 0.717) is 0 Å². The number of nitrogens with one attached hydrogen (secondary N) is 1. The highest BCUT2D eigenvalue weighted by atomic mass is 16.1. The molecule has 2 aromatic rings. The van der Waals surface area contributed by atoms with Gasteiger partial charge in [0, 0.05) is 18.0 Å². The van der Waals surface area contributed by atoms with Crippen LogP contribution >= 0.6 is 0 Å². The predicted octanol–water partition coefficient (Wildman–Crippen LogP) is 2.91. The van der Waals surface area contributed by atoms with Crippen molar-refractivity contribution in [1.82, 2.24) is 10.3 Å². The van der Waals surface area contributed by atoms with E-state index in [9.17, 15) is 4.79 Å². The summed E-state index contributed by atoms with van der Waals surface area (Å²) in [6, 6.07) is 10.2. The Balaban J connectivity index is 2.66. The molecule has 0 aliphatic rings. The Morgan fingerprint density at radius 2 is 1.94 bits per heavy atom. The van der Waals surface area contributed by atoms with Crippen molar-refractivity contribution in [1.29, 1.82) is 0 Å². The van der Waals surface area contributed by atoms with Crippen LogP contribution in [0.2, 0.25) is 0 Å². The van der Waals surface area contributed by atoms with E-state index >= 15 is 0 Å². The number of carbonyl (C=O) groups is 1. The average Bonchev–Trinajstić information content (AvgIpc) is 2.26. The molecule has 0 unspecified atom stereocenters. The second-order valence-corrected chi connectivity index (χ2v) is 5.14. The molecule has 0 fully saturated rings. The van der Waals surface area contributed by atoms with Gasteiger partial charge in [-0.3, -0.25) is 9.78 Å². The van der Waals surface area contributed by atoms with E-state index in [1.807, 2.05) is 39.0 Å². The first-order valence-electron chi connectivity index (χ1n) is 6.06. The Bertz CT molecular complexity index is 602. The minimum atomic E-state index is -0.475. The van der Waals surface area contributed by atoms with Crippen molar-refractivity contribution < 1.29 is 4.79 Å². The van der Waals surface area contributed by atoms with E-state index in [2.05, 4.69) is 22.4 Å². The minimum absolute atomic E-state index is 0.0487. The van der Waals surface area contributed by atoms with Crippen LogP contribution in [0.4, 0.5) is 0 Å². The fraction of sp³-hybridized carbons (Fsp3) is 0.333. The molecule has 3 nitrogen and oxygen atoms in total. The lowest BCUT2D eigenvalue weighted by atomic mass is 9.94. The Morgan fingerprint density at radius 3 is 2.61 bits per heavy atom. The van der Waals surface area contributed by atoms with Crippen molar-refractivity contribution >= 4 is 16.7 Å². The van der Waals surface area contributed by atoms with Crippen molar-refractivity contribution in [3.63, 3.8) is 0 Å². The second kappa shape index (κ2) is 4.41. The Morgan fingerprint density at radius 1 is 1.28 bits per heavy atom.